The maximum Gasteiger partial charge on any atom is 0.422 e. The largest absolute Gasteiger partial charge is 0.422 e. The molecule has 6 nitrogen and oxygen atoms in total. The van der Waals surface area contributed by atoms with Gasteiger partial charge in [-0.3, -0.25) is 14.6 Å². The van der Waals surface area contributed by atoms with Crippen molar-refractivity contribution in [2.45, 2.75) is 178 Å². The number of H-pyrrole nitrogens is 1. The summed E-state index contributed by atoms with van der Waals surface area (Å²) < 4.78 is 75.1. The van der Waals surface area contributed by atoms with E-state index in [1.165, 1.54) is 45.4 Å². The second-order valence-corrected chi connectivity index (χ2v) is 13.6. The van der Waals surface area contributed by atoms with E-state index in [0.717, 1.165) is 57.5 Å². The predicted octanol–water partition coefficient (Wildman–Crippen LogP) is 12.8. The van der Waals surface area contributed by atoms with Crippen molar-refractivity contribution < 1.29 is 31.1 Å². The molecule has 0 aromatic carbocycles. The van der Waals surface area contributed by atoms with Gasteiger partial charge in [0.05, 0.1) is 11.3 Å². The summed E-state index contributed by atoms with van der Waals surface area (Å²) in [4.78, 5) is 29.1. The van der Waals surface area contributed by atoms with Crippen LogP contribution >= 0.6 is 0 Å². The average molecular weight is 765 g/mol. The highest BCUT2D eigenvalue weighted by Gasteiger charge is 2.42. The predicted molar refractivity (Wildman–Crippen MR) is 208 cm³/mol. The van der Waals surface area contributed by atoms with Crippen LogP contribution in [0.15, 0.2) is 33.2 Å². The van der Waals surface area contributed by atoms with Crippen LogP contribution in [0.25, 0.3) is 0 Å². The Kier molecular flexibility index (Phi) is 28.1. The molecule has 1 aliphatic carbocycles. The molecule has 1 heterocycles. The number of allylic oxidation sites excluding steroid dienone is 4. The number of nitrogens with zero attached hydrogens (tertiary/aromatic N) is 3. The molecule has 0 spiro atoms. The molecule has 53 heavy (non-hydrogen) atoms. The number of hydrogen-bond donors (Lipinski definition) is 1. The lowest BCUT2D eigenvalue weighted by Crippen LogP contribution is -2.36. The number of fused-ring (bicyclic) bond motifs is 1. The van der Waals surface area contributed by atoms with Gasteiger partial charge in [0, 0.05) is 36.8 Å². The van der Waals surface area contributed by atoms with Crippen molar-refractivity contribution in [2.75, 3.05) is 13.1 Å². The normalized spacial score (nSPS) is 15.7. The van der Waals surface area contributed by atoms with Crippen LogP contribution in [0, 0.1) is 11.8 Å². The zero-order valence-electron chi connectivity index (χ0n) is 34.5. The zero-order chi connectivity index (χ0) is 41.2. The van der Waals surface area contributed by atoms with Crippen LogP contribution in [0.3, 0.4) is 0 Å². The molecule has 3 unspecified atom stereocenters. The summed E-state index contributed by atoms with van der Waals surface area (Å²) >= 11 is 0. The summed E-state index contributed by atoms with van der Waals surface area (Å²) in [5.74, 6) is 0.822. The molecule has 308 valence electrons. The Balaban J connectivity index is 0. The minimum absolute atomic E-state index is 0.0166. The lowest BCUT2D eigenvalue weighted by molar-refractivity contribution is -0.139. The fourth-order valence-electron chi connectivity index (χ4n) is 5.61. The summed E-state index contributed by atoms with van der Waals surface area (Å²) in [5, 5.41) is 5.84. The zero-order valence-corrected chi connectivity index (χ0v) is 34.5. The number of aromatic amines is 1. The standard InChI is InChI=1S/C13H27NO.C12H15F3N2O.C10H14F3N.C6H14/c1-5-8-9-11-14(10-6-2)13(15)12(4)7-3;1-3-6(2)7-4-5-8-9(12(13,14)15)11(18)17-16-10(7)8;1-4-6-8(3)14-7-9(5-2)10(11,12)13;1-3-5-6-4-2/h12H,5-11H2,1-4H3;6-7H,3-5H2,1-2H3,(H,17,18);5-7H,4H2,1-3H3;3-6H2,1-2H3/b;;8-6-,9-5+,14-7-;. The Morgan fingerprint density at radius 2 is 1.47 bits per heavy atom. The van der Waals surface area contributed by atoms with Crippen LogP contribution in [-0.4, -0.2) is 46.5 Å². The van der Waals surface area contributed by atoms with Gasteiger partial charge in [-0.2, -0.15) is 31.4 Å². The molecule has 2 rings (SSSR count). The quantitative estimate of drug-likeness (QED) is 0.103. The highest BCUT2D eigenvalue weighted by atomic mass is 19.4. The van der Waals surface area contributed by atoms with E-state index < -0.39 is 29.0 Å². The number of rotatable bonds is 16. The first kappa shape index (κ1) is 52.2. The van der Waals surface area contributed by atoms with E-state index >= 15 is 0 Å². The summed E-state index contributed by atoms with van der Waals surface area (Å²) in [6.07, 6.45) is 8.42. The fraction of sp³-hybridized carbons (Fsp3) is 0.756. The van der Waals surface area contributed by atoms with Crippen molar-refractivity contribution >= 4 is 12.1 Å². The second kappa shape index (κ2) is 28.5. The van der Waals surface area contributed by atoms with E-state index in [2.05, 4.69) is 44.7 Å². The summed E-state index contributed by atoms with van der Waals surface area (Å²) in [6, 6.07) is 0. The molecule has 0 saturated heterocycles. The van der Waals surface area contributed by atoms with Crippen LogP contribution in [0.4, 0.5) is 26.3 Å². The highest BCUT2D eigenvalue weighted by molar-refractivity contribution is 5.80. The van der Waals surface area contributed by atoms with E-state index in [0.29, 0.717) is 23.7 Å². The number of aliphatic imine (C=N–C) groups is 1. The molecule has 1 aromatic rings. The number of alkyl halides is 6. The molecular formula is C41H70F6N4O2. The summed E-state index contributed by atoms with van der Waals surface area (Å²) in [7, 11) is 0. The van der Waals surface area contributed by atoms with Gasteiger partial charge in [-0.05, 0) is 63.9 Å². The van der Waals surface area contributed by atoms with Gasteiger partial charge in [0.15, 0.2) is 0 Å². The van der Waals surface area contributed by atoms with E-state index in [9.17, 15) is 35.9 Å². The van der Waals surface area contributed by atoms with E-state index in [1.54, 1.807) is 13.0 Å². The van der Waals surface area contributed by atoms with Crippen LogP contribution < -0.4 is 5.56 Å². The topological polar surface area (TPSA) is 78.4 Å². The number of hydrogen-bond acceptors (Lipinski definition) is 4. The Labute approximate surface area is 316 Å². The van der Waals surface area contributed by atoms with E-state index in [1.807, 2.05) is 37.7 Å². The van der Waals surface area contributed by atoms with Crippen molar-refractivity contribution in [3.05, 3.63) is 50.6 Å². The molecule has 1 N–H and O–H groups in total. The number of carbonyl (C=O) groups excluding carboxylic acids is 1. The Morgan fingerprint density at radius 1 is 0.906 bits per heavy atom. The van der Waals surface area contributed by atoms with Crippen LogP contribution in [0.1, 0.15) is 176 Å². The number of carbonyl (C=O) groups is 1. The first-order chi connectivity index (χ1) is 24.9. The number of aromatic nitrogens is 2. The highest BCUT2D eigenvalue weighted by Crippen LogP contribution is 2.42. The minimum atomic E-state index is -4.61. The van der Waals surface area contributed by atoms with Gasteiger partial charge in [0.1, 0.15) is 5.56 Å². The van der Waals surface area contributed by atoms with Crippen molar-refractivity contribution in [1.29, 1.82) is 0 Å². The number of nitrogens with one attached hydrogen (secondary N) is 1. The van der Waals surface area contributed by atoms with E-state index in [-0.39, 0.29) is 29.7 Å². The summed E-state index contributed by atoms with van der Waals surface area (Å²) in [5.41, 5.74) is -1.80. The van der Waals surface area contributed by atoms with Crippen LogP contribution in [0.2, 0.25) is 0 Å². The number of amides is 1. The molecular weight excluding hydrogens is 694 g/mol. The van der Waals surface area contributed by atoms with Gasteiger partial charge >= 0.3 is 12.4 Å². The van der Waals surface area contributed by atoms with Crippen LogP contribution in [-0.2, 0) is 17.4 Å². The van der Waals surface area contributed by atoms with Crippen molar-refractivity contribution in [2.24, 2.45) is 16.8 Å². The van der Waals surface area contributed by atoms with Crippen molar-refractivity contribution in [3.8, 4) is 0 Å². The van der Waals surface area contributed by atoms with E-state index in [4.69, 9.17) is 0 Å². The van der Waals surface area contributed by atoms with Gasteiger partial charge in [0.2, 0.25) is 5.91 Å². The third-order valence-electron chi connectivity index (χ3n) is 9.16. The van der Waals surface area contributed by atoms with Gasteiger partial charge in [-0.15, -0.1) is 0 Å². The molecule has 0 aliphatic heterocycles. The van der Waals surface area contributed by atoms with Crippen LogP contribution in [0.5, 0.6) is 0 Å². The molecule has 3 atom stereocenters. The first-order valence-corrected chi connectivity index (χ1v) is 19.8. The van der Waals surface area contributed by atoms with Crippen molar-refractivity contribution in [3.63, 3.8) is 0 Å². The smallest absolute Gasteiger partial charge is 0.342 e. The summed E-state index contributed by atoms with van der Waals surface area (Å²) in [6.45, 7) is 23.7. The molecule has 0 saturated carbocycles. The minimum Gasteiger partial charge on any atom is -0.342 e. The SMILES string of the molecule is CCC(C)C1CCc2c1n[nH]c(=O)c2C(F)(F)F.CCCCCC.CCCCCN(CCC)C(=O)C(C)CC.C\C=C(/C=N\C(C)=C/CC)C(F)(F)F. The van der Waals surface area contributed by atoms with Crippen molar-refractivity contribution in [1.82, 2.24) is 15.1 Å². The van der Waals surface area contributed by atoms with Gasteiger partial charge < -0.3 is 4.90 Å². The molecule has 1 amide bonds. The Morgan fingerprint density at radius 3 is 1.91 bits per heavy atom. The third-order valence-corrected chi connectivity index (χ3v) is 9.16. The molecule has 1 aromatic heterocycles. The number of halogens is 6. The number of unbranched alkanes of at least 4 members (excludes halogenated alkanes) is 5. The lowest BCUT2D eigenvalue weighted by Gasteiger charge is -2.25. The maximum atomic E-state index is 12.9. The maximum absolute atomic E-state index is 12.9. The Bertz CT molecular complexity index is 1280. The third kappa shape index (κ3) is 20.9. The second-order valence-electron chi connectivity index (χ2n) is 13.6. The van der Waals surface area contributed by atoms with Gasteiger partial charge in [-0.25, -0.2) is 5.10 Å². The Hall–Kier alpha value is -2.92. The fourth-order valence-corrected chi connectivity index (χ4v) is 5.61. The molecule has 0 bridgehead atoms. The average Bonchev–Trinajstić information content (AvgIpc) is 3.53. The lowest BCUT2D eigenvalue weighted by atomic mass is 9.90. The van der Waals surface area contributed by atoms with Gasteiger partial charge in [-0.1, -0.05) is 119 Å². The molecule has 0 radical (unpaired) electrons. The molecule has 1 aliphatic rings. The molecule has 12 heteroatoms. The molecule has 0 fully saturated rings. The monoisotopic (exact) mass is 765 g/mol. The first-order valence-electron chi connectivity index (χ1n) is 19.8. The van der Waals surface area contributed by atoms with Gasteiger partial charge in [0.25, 0.3) is 5.56 Å².